The van der Waals surface area contributed by atoms with Gasteiger partial charge in [-0.25, -0.2) is 9.59 Å². The van der Waals surface area contributed by atoms with Gasteiger partial charge in [-0.2, -0.15) is 11.8 Å². The topological polar surface area (TPSA) is 78.4 Å². The highest BCUT2D eigenvalue weighted by Gasteiger charge is 2.12. The zero-order chi connectivity index (χ0) is 16.0. The highest BCUT2D eigenvalue weighted by atomic mass is 32.2. The molecular weight excluding hydrogens is 288 g/mol. The minimum atomic E-state index is -0.992. The van der Waals surface area contributed by atoms with Gasteiger partial charge >= 0.3 is 12.0 Å². The van der Waals surface area contributed by atoms with Crippen molar-refractivity contribution in [3.8, 4) is 0 Å². The molecule has 3 N–H and O–H groups in total. The highest BCUT2D eigenvalue weighted by Crippen LogP contribution is 2.20. The number of aryl methyl sites for hydroxylation is 1. The number of rotatable bonds is 6. The van der Waals surface area contributed by atoms with Gasteiger partial charge in [-0.3, -0.25) is 0 Å². The van der Waals surface area contributed by atoms with Crippen molar-refractivity contribution in [1.29, 1.82) is 0 Å². The Hall–Kier alpha value is -1.69. The monoisotopic (exact) mass is 310 g/mol. The van der Waals surface area contributed by atoms with Gasteiger partial charge in [0, 0.05) is 17.5 Å². The summed E-state index contributed by atoms with van der Waals surface area (Å²) in [6, 6.07) is 2.93. The lowest BCUT2D eigenvalue weighted by Gasteiger charge is -2.12. The molecule has 0 radical (unpaired) electrons. The minimum Gasteiger partial charge on any atom is -0.478 e. The maximum atomic E-state index is 11.8. The van der Waals surface area contributed by atoms with E-state index in [9.17, 15) is 9.59 Å². The summed E-state index contributed by atoms with van der Waals surface area (Å²) in [4.78, 5) is 22.9. The molecule has 116 valence electrons. The van der Waals surface area contributed by atoms with E-state index in [-0.39, 0.29) is 11.6 Å². The molecule has 1 atom stereocenters. The van der Waals surface area contributed by atoms with Crippen LogP contribution in [0.1, 0.15) is 34.8 Å². The molecule has 0 aromatic heterocycles. The third-order valence-corrected chi connectivity index (χ3v) is 4.43. The van der Waals surface area contributed by atoms with E-state index in [2.05, 4.69) is 17.6 Å². The molecule has 6 heteroatoms. The number of carbonyl (C=O) groups excluding carboxylic acids is 1. The van der Waals surface area contributed by atoms with Crippen molar-refractivity contribution in [2.75, 3.05) is 18.1 Å². The smallest absolute Gasteiger partial charge is 0.336 e. The SMILES string of the molecule is CSC(C)CCNC(=O)Nc1cc(C)c(C)c(C(=O)O)c1. The maximum Gasteiger partial charge on any atom is 0.336 e. The molecule has 0 saturated carbocycles. The largest absolute Gasteiger partial charge is 0.478 e. The normalized spacial score (nSPS) is 11.8. The number of benzene rings is 1. The van der Waals surface area contributed by atoms with Crippen LogP contribution in [0.25, 0.3) is 0 Å². The van der Waals surface area contributed by atoms with Crippen LogP contribution in [0.5, 0.6) is 0 Å². The number of anilines is 1. The molecule has 0 aliphatic carbocycles. The predicted octanol–water partition coefficient (Wildman–Crippen LogP) is 3.26. The van der Waals surface area contributed by atoms with Crippen LogP contribution in [0, 0.1) is 13.8 Å². The van der Waals surface area contributed by atoms with Crippen LogP contribution < -0.4 is 10.6 Å². The van der Waals surface area contributed by atoms with Gasteiger partial charge in [0.25, 0.3) is 0 Å². The number of urea groups is 1. The molecule has 0 bridgehead atoms. The number of nitrogens with one attached hydrogen (secondary N) is 2. The summed E-state index contributed by atoms with van der Waals surface area (Å²) in [5.41, 5.74) is 2.25. The molecule has 21 heavy (non-hydrogen) atoms. The molecule has 0 fully saturated rings. The van der Waals surface area contributed by atoms with E-state index < -0.39 is 5.97 Å². The van der Waals surface area contributed by atoms with Crippen LogP contribution >= 0.6 is 11.8 Å². The van der Waals surface area contributed by atoms with Gasteiger partial charge in [-0.05, 0) is 49.8 Å². The second-order valence-corrected chi connectivity index (χ2v) is 6.26. The first-order chi connectivity index (χ1) is 9.85. The fraction of sp³-hybridized carbons (Fsp3) is 0.467. The lowest BCUT2D eigenvalue weighted by molar-refractivity contribution is 0.0696. The Bertz CT molecular complexity index is 532. The van der Waals surface area contributed by atoms with Crippen molar-refractivity contribution < 1.29 is 14.7 Å². The van der Waals surface area contributed by atoms with Crippen molar-refractivity contribution in [2.24, 2.45) is 0 Å². The number of hydrogen-bond acceptors (Lipinski definition) is 3. The molecule has 1 rings (SSSR count). The Morgan fingerprint density at radius 1 is 1.33 bits per heavy atom. The fourth-order valence-electron chi connectivity index (χ4n) is 1.84. The van der Waals surface area contributed by atoms with Gasteiger partial charge in [0.2, 0.25) is 0 Å². The third kappa shape index (κ3) is 5.30. The zero-order valence-electron chi connectivity index (χ0n) is 12.8. The first kappa shape index (κ1) is 17.4. The van der Waals surface area contributed by atoms with Crippen LogP contribution in [0.3, 0.4) is 0 Å². The third-order valence-electron chi connectivity index (χ3n) is 3.39. The Kier molecular flexibility index (Phi) is 6.55. The zero-order valence-corrected chi connectivity index (χ0v) is 13.6. The van der Waals surface area contributed by atoms with Crippen molar-refractivity contribution in [1.82, 2.24) is 5.32 Å². The molecule has 1 aromatic rings. The molecule has 1 aromatic carbocycles. The Morgan fingerprint density at radius 2 is 2.00 bits per heavy atom. The number of carbonyl (C=O) groups is 2. The minimum absolute atomic E-state index is 0.210. The Labute approximate surface area is 129 Å². The number of carboxylic acids is 1. The van der Waals surface area contributed by atoms with Crippen molar-refractivity contribution in [3.63, 3.8) is 0 Å². The van der Waals surface area contributed by atoms with Gasteiger partial charge in [-0.15, -0.1) is 0 Å². The summed E-state index contributed by atoms with van der Waals surface area (Å²) in [5.74, 6) is -0.992. The molecule has 0 aliphatic heterocycles. The number of carboxylic acid groups (broad SMARTS) is 1. The summed E-state index contributed by atoms with van der Waals surface area (Å²) < 4.78 is 0. The number of amides is 2. The Balaban J connectivity index is 2.66. The van der Waals surface area contributed by atoms with Crippen LogP contribution in [0.15, 0.2) is 12.1 Å². The van der Waals surface area contributed by atoms with Crippen molar-refractivity contribution in [3.05, 3.63) is 28.8 Å². The average Bonchev–Trinajstić information content (AvgIpc) is 2.42. The van der Waals surface area contributed by atoms with Crippen molar-refractivity contribution >= 4 is 29.4 Å². The van der Waals surface area contributed by atoms with E-state index in [0.717, 1.165) is 12.0 Å². The molecule has 0 aliphatic rings. The molecule has 0 spiro atoms. The first-order valence-electron chi connectivity index (χ1n) is 6.77. The molecule has 0 saturated heterocycles. The van der Waals surface area contributed by atoms with Crippen LogP contribution in [0.2, 0.25) is 0 Å². The van der Waals surface area contributed by atoms with E-state index in [1.54, 1.807) is 24.8 Å². The van der Waals surface area contributed by atoms with E-state index in [1.165, 1.54) is 6.07 Å². The van der Waals surface area contributed by atoms with Crippen LogP contribution in [0.4, 0.5) is 10.5 Å². The quantitative estimate of drug-likeness (QED) is 0.753. The molecule has 0 heterocycles. The van der Waals surface area contributed by atoms with Gasteiger partial charge in [-0.1, -0.05) is 6.92 Å². The summed E-state index contributed by atoms with van der Waals surface area (Å²) in [6.07, 6.45) is 2.93. The molecular formula is C15H22N2O3S. The van der Waals surface area contributed by atoms with Crippen LogP contribution in [-0.4, -0.2) is 35.2 Å². The summed E-state index contributed by atoms with van der Waals surface area (Å²) in [5, 5.41) is 15.1. The van der Waals surface area contributed by atoms with Gasteiger partial charge in [0.1, 0.15) is 0 Å². The first-order valence-corrected chi connectivity index (χ1v) is 8.06. The van der Waals surface area contributed by atoms with Gasteiger partial charge in [0.05, 0.1) is 5.56 Å². The Morgan fingerprint density at radius 3 is 2.57 bits per heavy atom. The molecule has 2 amide bonds. The number of hydrogen-bond donors (Lipinski definition) is 3. The van der Waals surface area contributed by atoms with Gasteiger partial charge < -0.3 is 15.7 Å². The van der Waals surface area contributed by atoms with E-state index in [4.69, 9.17) is 5.11 Å². The second-order valence-electron chi connectivity index (χ2n) is 4.99. The maximum absolute atomic E-state index is 11.8. The standard InChI is InChI=1S/C15H22N2O3S/c1-9-7-12(8-13(11(9)3)14(18)19)17-15(20)16-6-5-10(2)21-4/h7-8,10H,5-6H2,1-4H3,(H,18,19)(H2,16,17,20). The fourth-order valence-corrected chi connectivity index (χ4v) is 2.19. The van der Waals surface area contributed by atoms with Crippen molar-refractivity contribution in [2.45, 2.75) is 32.4 Å². The summed E-state index contributed by atoms with van der Waals surface area (Å²) in [6.45, 7) is 6.27. The molecule has 1 unspecified atom stereocenters. The second kappa shape index (κ2) is 7.93. The lowest BCUT2D eigenvalue weighted by atomic mass is 10.0. The number of thioether (sulfide) groups is 1. The predicted molar refractivity (Wildman–Crippen MR) is 87.5 cm³/mol. The number of aromatic carboxylic acids is 1. The molecule has 5 nitrogen and oxygen atoms in total. The van der Waals surface area contributed by atoms with Crippen LogP contribution in [-0.2, 0) is 0 Å². The average molecular weight is 310 g/mol. The lowest BCUT2D eigenvalue weighted by Crippen LogP contribution is -2.30. The van der Waals surface area contributed by atoms with E-state index >= 15 is 0 Å². The van der Waals surface area contributed by atoms with E-state index in [1.807, 2.05) is 13.2 Å². The summed E-state index contributed by atoms with van der Waals surface area (Å²) >= 11 is 1.75. The van der Waals surface area contributed by atoms with Gasteiger partial charge in [0.15, 0.2) is 0 Å². The van der Waals surface area contributed by atoms with E-state index in [0.29, 0.717) is 23.0 Å². The summed E-state index contributed by atoms with van der Waals surface area (Å²) in [7, 11) is 0. The highest BCUT2D eigenvalue weighted by molar-refractivity contribution is 7.99.